The van der Waals surface area contributed by atoms with Crippen LogP contribution in [0.3, 0.4) is 0 Å². The second-order valence-corrected chi connectivity index (χ2v) is 4.47. The molecule has 0 aliphatic rings. The fourth-order valence-electron chi connectivity index (χ4n) is 1.98. The molecule has 0 aromatic heterocycles. The van der Waals surface area contributed by atoms with Crippen molar-refractivity contribution in [2.45, 2.75) is 13.0 Å². The van der Waals surface area contributed by atoms with Crippen molar-refractivity contribution in [3.63, 3.8) is 0 Å². The highest BCUT2D eigenvalue weighted by Gasteiger charge is 2.02. The third-order valence-electron chi connectivity index (χ3n) is 3.12. The third kappa shape index (κ3) is 4.07. The molecule has 0 heterocycles. The first-order chi connectivity index (χ1) is 9.29. The first-order valence-electron chi connectivity index (χ1n) is 6.47. The molecule has 0 saturated carbocycles. The van der Waals surface area contributed by atoms with Crippen molar-refractivity contribution in [2.75, 3.05) is 13.7 Å². The topological polar surface area (TPSA) is 25.8 Å². The summed E-state index contributed by atoms with van der Waals surface area (Å²) in [4.78, 5) is 0. The number of ether oxygens (including phenoxy) is 1. The Morgan fingerprint density at radius 2 is 1.79 bits per heavy atom. The van der Waals surface area contributed by atoms with Gasteiger partial charge in [0.2, 0.25) is 0 Å². The molecule has 0 aliphatic heterocycles. The number of hydrogen-bond acceptors (Lipinski definition) is 1. The van der Waals surface area contributed by atoms with Crippen molar-refractivity contribution in [1.29, 1.82) is 0 Å². The molecule has 0 amide bonds. The van der Waals surface area contributed by atoms with Crippen molar-refractivity contribution in [3.8, 4) is 5.75 Å². The monoisotopic (exact) mass is 260 g/mol. The first-order valence-corrected chi connectivity index (χ1v) is 6.47. The minimum absolute atomic E-state index is 0.122. The minimum Gasteiger partial charge on any atom is -0.497 e. The highest BCUT2D eigenvalue weighted by molar-refractivity contribution is 5.27. The van der Waals surface area contributed by atoms with Crippen molar-refractivity contribution in [2.24, 2.45) is 0 Å². The number of quaternary nitrogens is 1. The number of halogens is 1. The molecule has 0 radical (unpaired) electrons. The Morgan fingerprint density at radius 3 is 2.47 bits per heavy atom. The highest BCUT2D eigenvalue weighted by atomic mass is 19.1. The van der Waals surface area contributed by atoms with Crippen LogP contribution in [0.15, 0.2) is 48.5 Å². The molecule has 0 bridgehead atoms. The normalized spacial score (nSPS) is 10.4. The van der Waals surface area contributed by atoms with Crippen molar-refractivity contribution in [3.05, 3.63) is 65.5 Å². The van der Waals surface area contributed by atoms with Crippen LogP contribution >= 0.6 is 0 Å². The fraction of sp³-hybridized carbons (Fsp3) is 0.250. The Labute approximate surface area is 113 Å². The van der Waals surface area contributed by atoms with Gasteiger partial charge in [-0.2, -0.15) is 0 Å². The number of benzene rings is 2. The molecular weight excluding hydrogens is 241 g/mol. The zero-order valence-electron chi connectivity index (χ0n) is 11.1. The van der Waals surface area contributed by atoms with Crippen LogP contribution in [0.2, 0.25) is 0 Å². The summed E-state index contributed by atoms with van der Waals surface area (Å²) in [5, 5.41) is 2.13. The van der Waals surface area contributed by atoms with Crippen LogP contribution in [0.1, 0.15) is 11.1 Å². The van der Waals surface area contributed by atoms with E-state index in [-0.39, 0.29) is 5.82 Å². The van der Waals surface area contributed by atoms with Gasteiger partial charge < -0.3 is 10.1 Å². The molecule has 0 fully saturated rings. The summed E-state index contributed by atoms with van der Waals surface area (Å²) in [6, 6.07) is 15.0. The lowest BCUT2D eigenvalue weighted by atomic mass is 10.1. The highest BCUT2D eigenvalue weighted by Crippen LogP contribution is 2.11. The van der Waals surface area contributed by atoms with Gasteiger partial charge in [0.25, 0.3) is 0 Å². The predicted octanol–water partition coefficient (Wildman–Crippen LogP) is 2.14. The summed E-state index contributed by atoms with van der Waals surface area (Å²) in [5.74, 6) is 0.752. The van der Waals surface area contributed by atoms with E-state index in [4.69, 9.17) is 4.74 Å². The molecular formula is C16H19FNO+. The van der Waals surface area contributed by atoms with Gasteiger partial charge in [0.05, 0.1) is 13.7 Å². The predicted molar refractivity (Wildman–Crippen MR) is 73.6 cm³/mol. The quantitative estimate of drug-likeness (QED) is 0.791. The van der Waals surface area contributed by atoms with E-state index in [1.807, 2.05) is 24.3 Å². The van der Waals surface area contributed by atoms with E-state index in [1.54, 1.807) is 13.2 Å². The van der Waals surface area contributed by atoms with E-state index in [2.05, 4.69) is 17.4 Å². The molecule has 0 atom stereocenters. The van der Waals surface area contributed by atoms with Crippen LogP contribution in [-0.2, 0) is 13.0 Å². The van der Waals surface area contributed by atoms with Crippen molar-refractivity contribution < 1.29 is 14.4 Å². The number of rotatable bonds is 6. The molecule has 19 heavy (non-hydrogen) atoms. The average Bonchev–Trinajstić information content (AvgIpc) is 2.46. The largest absolute Gasteiger partial charge is 0.497 e. The summed E-state index contributed by atoms with van der Waals surface area (Å²) in [6.45, 7) is 1.63. The smallest absolute Gasteiger partial charge is 0.132 e. The summed E-state index contributed by atoms with van der Waals surface area (Å²) in [5.41, 5.74) is 2.03. The van der Waals surface area contributed by atoms with Gasteiger partial charge in [0, 0.05) is 12.0 Å². The summed E-state index contributed by atoms with van der Waals surface area (Å²) in [7, 11) is 1.66. The number of nitrogens with two attached hydrogens (primary N) is 1. The van der Waals surface area contributed by atoms with Gasteiger partial charge in [-0.25, -0.2) is 4.39 Å². The van der Waals surface area contributed by atoms with Crippen LogP contribution in [0, 0.1) is 5.82 Å². The third-order valence-corrected chi connectivity index (χ3v) is 3.12. The lowest BCUT2D eigenvalue weighted by Crippen LogP contribution is -2.83. The van der Waals surface area contributed by atoms with E-state index in [0.29, 0.717) is 6.54 Å². The molecule has 3 heteroatoms. The number of methoxy groups -OCH3 is 1. The molecule has 2 nitrogen and oxygen atoms in total. The first kappa shape index (κ1) is 13.6. The zero-order chi connectivity index (χ0) is 13.5. The van der Waals surface area contributed by atoms with Crippen LogP contribution in [0.5, 0.6) is 5.75 Å². The second kappa shape index (κ2) is 6.90. The Morgan fingerprint density at radius 1 is 1.05 bits per heavy atom. The minimum atomic E-state index is -0.122. The van der Waals surface area contributed by atoms with E-state index >= 15 is 0 Å². The Hall–Kier alpha value is -1.87. The van der Waals surface area contributed by atoms with Gasteiger partial charge in [-0.15, -0.1) is 0 Å². The van der Waals surface area contributed by atoms with Gasteiger partial charge in [0.1, 0.15) is 18.1 Å². The van der Waals surface area contributed by atoms with E-state index in [0.717, 1.165) is 24.3 Å². The molecule has 2 aromatic rings. The van der Waals surface area contributed by atoms with Gasteiger partial charge in [-0.1, -0.05) is 30.3 Å². The van der Waals surface area contributed by atoms with Gasteiger partial charge in [-0.3, -0.25) is 0 Å². The lowest BCUT2D eigenvalue weighted by molar-refractivity contribution is -0.670. The maximum absolute atomic E-state index is 13.4. The van der Waals surface area contributed by atoms with Crippen molar-refractivity contribution in [1.82, 2.24) is 0 Å². The number of hydrogen-bond donors (Lipinski definition) is 1. The van der Waals surface area contributed by atoms with Crippen molar-refractivity contribution >= 4 is 0 Å². The van der Waals surface area contributed by atoms with E-state index in [9.17, 15) is 4.39 Å². The van der Waals surface area contributed by atoms with Gasteiger partial charge in [0.15, 0.2) is 0 Å². The molecule has 100 valence electrons. The maximum atomic E-state index is 13.4. The van der Waals surface area contributed by atoms with Crippen LogP contribution in [-0.4, -0.2) is 13.7 Å². The molecule has 2 rings (SSSR count). The molecule has 0 unspecified atom stereocenters. The van der Waals surface area contributed by atoms with Crippen LogP contribution in [0.4, 0.5) is 4.39 Å². The van der Waals surface area contributed by atoms with E-state index in [1.165, 1.54) is 11.6 Å². The standard InChI is InChI=1S/C16H18FNO/c1-19-15-8-6-13(7-9-15)10-11-18-12-14-4-2-3-5-16(14)17/h2-9,18H,10-12H2,1H3/p+1. The summed E-state index contributed by atoms with van der Waals surface area (Å²) >= 11 is 0. The SMILES string of the molecule is COc1ccc(CC[NH2+]Cc2ccccc2F)cc1. The molecule has 0 saturated heterocycles. The Balaban J connectivity index is 1.76. The molecule has 2 aromatic carbocycles. The van der Waals surface area contributed by atoms with Gasteiger partial charge in [-0.05, 0) is 23.8 Å². The Bertz CT molecular complexity index is 510. The maximum Gasteiger partial charge on any atom is 0.132 e. The zero-order valence-corrected chi connectivity index (χ0v) is 11.1. The average molecular weight is 260 g/mol. The lowest BCUT2D eigenvalue weighted by Gasteiger charge is -2.04. The fourth-order valence-corrected chi connectivity index (χ4v) is 1.98. The molecule has 2 N–H and O–H groups in total. The second-order valence-electron chi connectivity index (χ2n) is 4.47. The molecule has 0 spiro atoms. The molecule has 0 aliphatic carbocycles. The van der Waals surface area contributed by atoms with Crippen LogP contribution in [0.25, 0.3) is 0 Å². The van der Waals surface area contributed by atoms with E-state index < -0.39 is 0 Å². The Kier molecular flexibility index (Phi) is 4.93. The van der Waals surface area contributed by atoms with Crippen LogP contribution < -0.4 is 10.1 Å². The van der Waals surface area contributed by atoms with Gasteiger partial charge >= 0.3 is 0 Å². The summed E-state index contributed by atoms with van der Waals surface area (Å²) in [6.07, 6.45) is 0.971. The summed E-state index contributed by atoms with van der Waals surface area (Å²) < 4.78 is 18.5.